The Balaban J connectivity index is 1.53. The van der Waals surface area contributed by atoms with Gasteiger partial charge in [0, 0.05) is 42.0 Å². The number of carbonyl (C=O) groups excluding carboxylic acids is 1. The molecule has 4 rings (SSSR count). The first-order valence-corrected chi connectivity index (χ1v) is 9.80. The van der Waals surface area contributed by atoms with Gasteiger partial charge in [-0.1, -0.05) is 32.9 Å². The summed E-state index contributed by atoms with van der Waals surface area (Å²) in [6.45, 7) is 6.22. The summed E-state index contributed by atoms with van der Waals surface area (Å²) >= 11 is 0. The largest absolute Gasteiger partial charge is 0.324 e. The maximum absolute atomic E-state index is 12.7. The van der Waals surface area contributed by atoms with E-state index < -0.39 is 0 Å². The van der Waals surface area contributed by atoms with Crippen LogP contribution in [0, 0.1) is 0 Å². The van der Waals surface area contributed by atoms with Crippen LogP contribution in [0.1, 0.15) is 32.0 Å². The number of benzene rings is 1. The van der Waals surface area contributed by atoms with E-state index in [1.54, 1.807) is 23.1 Å². The molecule has 0 radical (unpaired) electrons. The summed E-state index contributed by atoms with van der Waals surface area (Å²) in [5, 5.41) is 7.59. The maximum atomic E-state index is 12.7. The molecular formula is C23H24N6O. The first-order valence-electron chi connectivity index (χ1n) is 9.80. The fourth-order valence-corrected chi connectivity index (χ4v) is 3.05. The van der Waals surface area contributed by atoms with Gasteiger partial charge < -0.3 is 9.88 Å². The zero-order valence-corrected chi connectivity index (χ0v) is 17.3. The molecule has 3 heterocycles. The Morgan fingerprint density at radius 3 is 2.30 bits per heavy atom. The smallest absolute Gasteiger partial charge is 0.252 e. The highest BCUT2D eigenvalue weighted by Gasteiger charge is 2.22. The van der Waals surface area contributed by atoms with E-state index in [9.17, 15) is 4.79 Å². The van der Waals surface area contributed by atoms with Crippen molar-refractivity contribution >= 4 is 11.7 Å². The van der Waals surface area contributed by atoms with Gasteiger partial charge >= 0.3 is 0 Å². The lowest BCUT2D eigenvalue weighted by atomic mass is 9.92. The number of carbonyl (C=O) groups is 1. The number of aromatic nitrogens is 5. The molecule has 152 valence electrons. The normalized spacial score (nSPS) is 11.4. The Bertz CT molecular complexity index is 1120. The third-order valence-corrected chi connectivity index (χ3v) is 4.69. The highest BCUT2D eigenvalue weighted by atomic mass is 16.1. The molecule has 0 aliphatic rings. The van der Waals surface area contributed by atoms with Crippen LogP contribution in [-0.2, 0) is 16.6 Å². The number of anilines is 1. The molecule has 0 unspecified atom stereocenters. The number of hydrogen-bond donors (Lipinski definition) is 1. The molecule has 0 bridgehead atoms. The van der Waals surface area contributed by atoms with Gasteiger partial charge in [0.15, 0.2) is 0 Å². The predicted octanol–water partition coefficient (Wildman–Crippen LogP) is 3.93. The molecule has 30 heavy (non-hydrogen) atoms. The minimum absolute atomic E-state index is 0.124. The van der Waals surface area contributed by atoms with E-state index >= 15 is 0 Å². The van der Waals surface area contributed by atoms with Crippen molar-refractivity contribution in [1.82, 2.24) is 24.3 Å². The lowest BCUT2D eigenvalue weighted by Gasteiger charge is -2.13. The zero-order chi connectivity index (χ0) is 21.1. The van der Waals surface area contributed by atoms with E-state index in [0.717, 1.165) is 16.9 Å². The van der Waals surface area contributed by atoms with E-state index in [0.29, 0.717) is 11.8 Å². The fourth-order valence-electron chi connectivity index (χ4n) is 3.05. The molecule has 0 aliphatic carbocycles. The Kier molecular flexibility index (Phi) is 5.18. The van der Waals surface area contributed by atoms with Gasteiger partial charge in [0.1, 0.15) is 5.82 Å². The molecule has 0 fully saturated rings. The minimum Gasteiger partial charge on any atom is -0.324 e. The van der Waals surface area contributed by atoms with Crippen molar-refractivity contribution in [1.29, 1.82) is 0 Å². The monoisotopic (exact) mass is 400 g/mol. The first-order chi connectivity index (χ1) is 14.4. The molecule has 7 nitrogen and oxygen atoms in total. The van der Waals surface area contributed by atoms with Crippen molar-refractivity contribution in [2.45, 2.75) is 32.6 Å². The van der Waals surface area contributed by atoms with E-state index in [4.69, 9.17) is 0 Å². The second kappa shape index (κ2) is 7.94. The lowest BCUT2D eigenvalue weighted by molar-refractivity contribution is -0.115. The first kappa shape index (κ1) is 19.6. The van der Waals surface area contributed by atoms with Crippen LogP contribution < -0.4 is 5.32 Å². The molecule has 4 aromatic rings. The zero-order valence-electron chi connectivity index (χ0n) is 17.3. The fraction of sp³-hybridized carbons (Fsp3) is 0.217. The van der Waals surface area contributed by atoms with Gasteiger partial charge in [-0.25, -0.2) is 9.97 Å². The average molecular weight is 400 g/mol. The highest BCUT2D eigenvalue weighted by Crippen LogP contribution is 2.25. The van der Waals surface area contributed by atoms with Crippen molar-refractivity contribution in [3.8, 4) is 11.6 Å². The van der Waals surface area contributed by atoms with Gasteiger partial charge in [0.05, 0.1) is 12.1 Å². The Morgan fingerprint density at radius 1 is 1.00 bits per heavy atom. The van der Waals surface area contributed by atoms with Crippen LogP contribution in [0.3, 0.4) is 0 Å². The predicted molar refractivity (Wildman–Crippen MR) is 116 cm³/mol. The van der Waals surface area contributed by atoms with Gasteiger partial charge in [-0.2, -0.15) is 9.78 Å². The summed E-state index contributed by atoms with van der Waals surface area (Å²) in [6, 6.07) is 15.5. The van der Waals surface area contributed by atoms with Crippen molar-refractivity contribution in [3.05, 3.63) is 84.6 Å². The number of amides is 1. The SMILES string of the molecule is CC(C)(C)c1cc(NC(=O)Cc2ccc(-n3cccc3)cc2)n(-c2ncccn2)n1. The molecule has 3 aromatic heterocycles. The molecule has 0 saturated heterocycles. The van der Waals surface area contributed by atoms with E-state index in [2.05, 4.69) is 41.2 Å². The second-order valence-corrected chi connectivity index (χ2v) is 8.11. The summed E-state index contributed by atoms with van der Waals surface area (Å²) in [4.78, 5) is 21.3. The minimum atomic E-state index is -0.173. The highest BCUT2D eigenvalue weighted by molar-refractivity contribution is 5.91. The molecular weight excluding hydrogens is 376 g/mol. The Labute approximate surface area is 175 Å². The topological polar surface area (TPSA) is 77.6 Å². The summed E-state index contributed by atoms with van der Waals surface area (Å²) in [5.74, 6) is 0.848. The second-order valence-electron chi connectivity index (χ2n) is 8.11. The average Bonchev–Trinajstić information content (AvgIpc) is 3.39. The third kappa shape index (κ3) is 4.30. The van der Waals surface area contributed by atoms with Gasteiger partial charge in [-0.05, 0) is 35.9 Å². The number of hydrogen-bond acceptors (Lipinski definition) is 4. The quantitative estimate of drug-likeness (QED) is 0.551. The molecule has 0 aliphatic heterocycles. The molecule has 1 amide bonds. The van der Waals surface area contributed by atoms with Crippen LogP contribution in [0.15, 0.2) is 73.3 Å². The molecule has 0 spiro atoms. The van der Waals surface area contributed by atoms with Crippen molar-refractivity contribution in [2.75, 3.05) is 5.32 Å². The summed E-state index contributed by atoms with van der Waals surface area (Å²) in [6.07, 6.45) is 7.54. The van der Waals surface area contributed by atoms with Gasteiger partial charge in [-0.3, -0.25) is 4.79 Å². The lowest BCUT2D eigenvalue weighted by Crippen LogP contribution is -2.18. The molecule has 1 N–H and O–H groups in total. The Morgan fingerprint density at radius 2 is 1.67 bits per heavy atom. The van der Waals surface area contributed by atoms with Gasteiger partial charge in [0.2, 0.25) is 5.91 Å². The summed E-state index contributed by atoms with van der Waals surface area (Å²) in [5.41, 5.74) is 2.66. The maximum Gasteiger partial charge on any atom is 0.252 e. The van der Waals surface area contributed by atoms with Crippen LogP contribution in [0.4, 0.5) is 5.82 Å². The molecule has 7 heteroatoms. The van der Waals surface area contributed by atoms with E-state index in [1.807, 2.05) is 59.4 Å². The summed E-state index contributed by atoms with van der Waals surface area (Å²) < 4.78 is 3.60. The van der Waals surface area contributed by atoms with Crippen LogP contribution >= 0.6 is 0 Å². The summed E-state index contributed by atoms with van der Waals surface area (Å²) in [7, 11) is 0. The van der Waals surface area contributed by atoms with Crippen LogP contribution in [0.2, 0.25) is 0 Å². The number of nitrogens with one attached hydrogen (secondary N) is 1. The standard InChI is InChI=1S/C23H24N6O/c1-23(2,3)19-16-20(29(27-19)22-24-11-6-12-25-22)26-21(30)15-17-7-9-18(10-8-17)28-13-4-5-14-28/h4-14,16H,15H2,1-3H3,(H,26,30). The van der Waals surface area contributed by atoms with Gasteiger partial charge in [-0.15, -0.1) is 0 Å². The number of nitrogens with zero attached hydrogens (tertiary/aromatic N) is 5. The van der Waals surface area contributed by atoms with Crippen molar-refractivity contribution in [2.24, 2.45) is 0 Å². The van der Waals surface area contributed by atoms with E-state index in [1.165, 1.54) is 0 Å². The van der Waals surface area contributed by atoms with Crippen LogP contribution in [-0.4, -0.2) is 30.2 Å². The van der Waals surface area contributed by atoms with E-state index in [-0.39, 0.29) is 17.7 Å². The third-order valence-electron chi connectivity index (χ3n) is 4.69. The Hall–Kier alpha value is -3.74. The van der Waals surface area contributed by atoms with Crippen LogP contribution in [0.25, 0.3) is 11.6 Å². The molecule has 0 atom stereocenters. The molecule has 1 aromatic carbocycles. The van der Waals surface area contributed by atoms with Crippen molar-refractivity contribution in [3.63, 3.8) is 0 Å². The number of rotatable bonds is 5. The van der Waals surface area contributed by atoms with Crippen LogP contribution in [0.5, 0.6) is 0 Å². The molecule has 0 saturated carbocycles. The van der Waals surface area contributed by atoms with Crippen molar-refractivity contribution < 1.29 is 4.79 Å². The van der Waals surface area contributed by atoms with Gasteiger partial charge in [0.25, 0.3) is 5.95 Å².